The van der Waals surface area contributed by atoms with E-state index in [-0.39, 0.29) is 12.3 Å². The number of allylic oxidation sites excluding steroid dienone is 2. The van der Waals surface area contributed by atoms with Crippen LogP contribution < -0.4 is 4.74 Å². The number of benzene rings is 2. The zero-order chi connectivity index (χ0) is 23.9. The number of ether oxygens (including phenoxy) is 1. The first kappa shape index (κ1) is 23.9. The van der Waals surface area contributed by atoms with Crippen molar-refractivity contribution < 1.29 is 14.6 Å². The van der Waals surface area contributed by atoms with Gasteiger partial charge in [0.2, 0.25) is 0 Å². The van der Waals surface area contributed by atoms with Crippen LogP contribution in [-0.4, -0.2) is 35.7 Å². The van der Waals surface area contributed by atoms with Crippen LogP contribution in [0.15, 0.2) is 71.8 Å². The van der Waals surface area contributed by atoms with Crippen molar-refractivity contribution in [3.05, 3.63) is 88.5 Å². The molecule has 0 spiro atoms. The lowest BCUT2D eigenvalue weighted by Gasteiger charge is -2.31. The maximum absolute atomic E-state index is 11.1. The van der Waals surface area contributed by atoms with Crippen LogP contribution in [0.3, 0.4) is 0 Å². The minimum Gasteiger partial charge on any atom is -0.489 e. The lowest BCUT2D eigenvalue weighted by Crippen LogP contribution is -2.32. The van der Waals surface area contributed by atoms with Crippen LogP contribution in [0.4, 0.5) is 0 Å². The van der Waals surface area contributed by atoms with Gasteiger partial charge in [0, 0.05) is 19.6 Å². The lowest BCUT2D eigenvalue weighted by molar-refractivity contribution is -0.137. The molecule has 1 heterocycles. The number of hydrogen-bond donors (Lipinski definition) is 1. The number of carboxylic acids is 1. The second-order valence-corrected chi connectivity index (χ2v) is 9.30. The van der Waals surface area contributed by atoms with Crippen LogP contribution in [0.2, 0.25) is 0 Å². The highest BCUT2D eigenvalue weighted by molar-refractivity contribution is 5.69. The molecule has 1 N–H and O–H groups in total. The summed E-state index contributed by atoms with van der Waals surface area (Å²) >= 11 is 0. The Kier molecular flexibility index (Phi) is 7.87. The molecule has 4 heteroatoms. The predicted octanol–water partition coefficient (Wildman–Crippen LogP) is 5.60. The van der Waals surface area contributed by atoms with E-state index in [0.717, 1.165) is 43.8 Å². The molecular weight excluding hydrogens is 422 g/mol. The quantitative estimate of drug-likeness (QED) is 0.527. The number of fused-ring (bicyclic) bond motifs is 1. The number of aliphatic carboxylic acids is 1. The van der Waals surface area contributed by atoms with Gasteiger partial charge < -0.3 is 9.84 Å². The van der Waals surface area contributed by atoms with Crippen molar-refractivity contribution >= 4 is 5.97 Å². The molecular formula is C30H33NO3. The molecule has 0 amide bonds. The molecule has 0 saturated carbocycles. The Labute approximate surface area is 202 Å². The zero-order valence-electron chi connectivity index (χ0n) is 20.1. The molecule has 0 saturated heterocycles. The van der Waals surface area contributed by atoms with Gasteiger partial charge in [-0.1, -0.05) is 67.0 Å². The van der Waals surface area contributed by atoms with Gasteiger partial charge in [0.1, 0.15) is 12.4 Å². The molecule has 34 heavy (non-hydrogen) atoms. The summed E-state index contributed by atoms with van der Waals surface area (Å²) in [6.45, 7) is 7.76. The van der Waals surface area contributed by atoms with Gasteiger partial charge in [-0.25, -0.2) is 0 Å². The van der Waals surface area contributed by atoms with Gasteiger partial charge in [0.15, 0.2) is 0 Å². The van der Waals surface area contributed by atoms with Crippen LogP contribution in [0.25, 0.3) is 0 Å². The van der Waals surface area contributed by atoms with E-state index in [1.807, 2.05) is 24.3 Å². The minimum absolute atomic E-state index is 0.00402. The van der Waals surface area contributed by atoms with Crippen molar-refractivity contribution in [1.29, 1.82) is 0 Å². The molecule has 2 atom stereocenters. The summed E-state index contributed by atoms with van der Waals surface area (Å²) in [6, 6.07) is 16.4. The molecule has 176 valence electrons. The van der Waals surface area contributed by atoms with Gasteiger partial charge in [-0.2, -0.15) is 0 Å². The van der Waals surface area contributed by atoms with E-state index >= 15 is 0 Å². The molecule has 0 fully saturated rings. The number of carbonyl (C=O) groups is 1. The third-order valence-electron chi connectivity index (χ3n) is 6.76. The van der Waals surface area contributed by atoms with Crippen molar-refractivity contribution in [2.75, 3.05) is 19.7 Å². The first-order chi connectivity index (χ1) is 16.5. The fraction of sp³-hybridized carbons (Fsp3) is 0.367. The van der Waals surface area contributed by atoms with Crippen LogP contribution >= 0.6 is 0 Å². The molecule has 0 radical (unpaired) electrons. The SMILES string of the molecule is CC#CC(CC(=O)O)c1ccc(OCC2=CC=C(CN3CCc4ccccc4C3)CC2C)cc1. The second-order valence-electron chi connectivity index (χ2n) is 9.30. The highest BCUT2D eigenvalue weighted by Crippen LogP contribution is 2.28. The Morgan fingerprint density at radius 1 is 1.15 bits per heavy atom. The van der Waals surface area contributed by atoms with Crippen molar-refractivity contribution in [3.63, 3.8) is 0 Å². The summed E-state index contributed by atoms with van der Waals surface area (Å²) in [4.78, 5) is 13.7. The van der Waals surface area contributed by atoms with E-state index in [9.17, 15) is 4.79 Å². The zero-order valence-corrected chi connectivity index (χ0v) is 20.1. The Hall–Kier alpha value is -3.29. The Morgan fingerprint density at radius 3 is 2.62 bits per heavy atom. The Bertz CT molecular complexity index is 1130. The van der Waals surface area contributed by atoms with Crippen molar-refractivity contribution in [2.45, 2.75) is 45.6 Å². The molecule has 0 aromatic heterocycles. The van der Waals surface area contributed by atoms with Gasteiger partial charge in [0.05, 0.1) is 12.3 Å². The predicted molar refractivity (Wildman–Crippen MR) is 136 cm³/mol. The molecule has 2 aliphatic rings. The van der Waals surface area contributed by atoms with Crippen LogP contribution in [-0.2, 0) is 17.8 Å². The van der Waals surface area contributed by atoms with Gasteiger partial charge in [-0.05, 0) is 60.1 Å². The summed E-state index contributed by atoms with van der Waals surface area (Å²) in [6.07, 6.45) is 6.72. The monoisotopic (exact) mass is 455 g/mol. The summed E-state index contributed by atoms with van der Waals surface area (Å²) in [5.41, 5.74) is 6.65. The molecule has 0 bridgehead atoms. The highest BCUT2D eigenvalue weighted by Gasteiger charge is 2.20. The van der Waals surface area contributed by atoms with Crippen molar-refractivity contribution in [3.8, 4) is 17.6 Å². The number of nitrogens with zero attached hydrogens (tertiary/aromatic N) is 1. The van der Waals surface area contributed by atoms with Crippen molar-refractivity contribution in [1.82, 2.24) is 4.90 Å². The third kappa shape index (κ3) is 6.18. The van der Waals surface area contributed by atoms with Gasteiger partial charge in [-0.15, -0.1) is 5.92 Å². The maximum atomic E-state index is 11.1. The minimum atomic E-state index is -0.844. The number of rotatable bonds is 8. The maximum Gasteiger partial charge on any atom is 0.304 e. The average Bonchev–Trinajstić information content (AvgIpc) is 2.83. The largest absolute Gasteiger partial charge is 0.489 e. The molecule has 4 nitrogen and oxygen atoms in total. The molecule has 1 aliphatic carbocycles. The summed E-state index contributed by atoms with van der Waals surface area (Å²) < 4.78 is 6.06. The van der Waals surface area contributed by atoms with Gasteiger partial charge in [-0.3, -0.25) is 9.69 Å². The molecule has 2 unspecified atom stereocenters. The first-order valence-electron chi connectivity index (χ1n) is 12.1. The summed E-state index contributed by atoms with van der Waals surface area (Å²) in [5, 5.41) is 9.12. The third-order valence-corrected chi connectivity index (χ3v) is 6.76. The normalized spacial score (nSPS) is 18.6. The number of hydrogen-bond acceptors (Lipinski definition) is 3. The fourth-order valence-electron chi connectivity index (χ4n) is 4.83. The summed E-state index contributed by atoms with van der Waals surface area (Å²) in [7, 11) is 0. The number of carboxylic acid groups (broad SMARTS) is 1. The van der Waals surface area contributed by atoms with E-state index in [1.165, 1.54) is 22.3 Å². The van der Waals surface area contributed by atoms with E-state index in [2.05, 4.69) is 60.1 Å². The second kappa shape index (κ2) is 11.2. The van der Waals surface area contributed by atoms with E-state index in [0.29, 0.717) is 12.5 Å². The van der Waals surface area contributed by atoms with Gasteiger partial charge >= 0.3 is 5.97 Å². The standard InChI is InChI=1S/C30H33NO3/c1-3-6-26(18-30(32)33)25-11-13-29(14-12-25)34-21-28-10-9-23(17-22(28)2)19-31-16-15-24-7-4-5-8-27(24)20-31/h4-5,7-14,22,26H,15-21H2,1-2H3,(H,32,33). The highest BCUT2D eigenvalue weighted by atomic mass is 16.5. The van der Waals surface area contributed by atoms with E-state index in [1.54, 1.807) is 6.92 Å². The fourth-order valence-corrected chi connectivity index (χ4v) is 4.83. The van der Waals surface area contributed by atoms with Crippen LogP contribution in [0.5, 0.6) is 5.75 Å². The average molecular weight is 456 g/mol. The topological polar surface area (TPSA) is 49.8 Å². The van der Waals surface area contributed by atoms with Gasteiger partial charge in [0.25, 0.3) is 0 Å². The molecule has 1 aliphatic heterocycles. The van der Waals surface area contributed by atoms with Crippen molar-refractivity contribution in [2.24, 2.45) is 5.92 Å². The lowest BCUT2D eigenvalue weighted by atomic mass is 9.88. The summed E-state index contributed by atoms with van der Waals surface area (Å²) in [5.74, 6) is 5.92. The molecule has 2 aromatic rings. The van der Waals surface area contributed by atoms with E-state index in [4.69, 9.17) is 9.84 Å². The Morgan fingerprint density at radius 2 is 1.91 bits per heavy atom. The molecule has 2 aromatic carbocycles. The molecule has 4 rings (SSSR count). The Balaban J connectivity index is 1.32. The first-order valence-corrected chi connectivity index (χ1v) is 12.1. The smallest absolute Gasteiger partial charge is 0.304 e. The van der Waals surface area contributed by atoms with E-state index < -0.39 is 5.97 Å². The van der Waals surface area contributed by atoms with Crippen LogP contribution in [0.1, 0.15) is 49.3 Å². The van der Waals surface area contributed by atoms with Crippen LogP contribution in [0, 0.1) is 17.8 Å².